The van der Waals surface area contributed by atoms with E-state index in [2.05, 4.69) is 108 Å². The van der Waals surface area contributed by atoms with E-state index in [1.165, 1.54) is 149 Å². The lowest BCUT2D eigenvalue weighted by Gasteiger charge is -2.73. The molecule has 4 bridgehead atoms. The number of carbonyl (C=O) groups is 2. The van der Waals surface area contributed by atoms with Crippen LogP contribution in [0.2, 0.25) is 0 Å². The third-order valence-electron chi connectivity index (χ3n) is 22.9. The molecule has 10 atom stereocenters. The third kappa shape index (κ3) is 8.00. The van der Waals surface area contributed by atoms with Crippen molar-refractivity contribution < 1.29 is 19.1 Å². The molecule has 2 aromatic carbocycles. The Kier molecular flexibility index (Phi) is 12.4. The number of allylic oxidation sites excluding steroid dienone is 1. The molecule has 0 N–H and O–H groups in total. The molecule has 6 saturated heterocycles. The standard InChI is InChI=1S/C59H88O4S4/c1-7-47-20-25-59(44-62-52(60)42-66-34-28-64(29-35-66,30-36-66)40-45-14-10-8-11-15-45)27-26-57(5)48(54(47)59)18-19-50-56(4)23-22-51(55(2,3)49(56)21-24-58(50,57)6)63-53(61)43-67-37-31-65(32-38-67,33-39-67)41-46-16-12-9-13-17-46/h7-17,47-51,54H,1,18-44H2,2-6H3/t47-,48?,49?,50?,51+,54?,56+,57-,58-,59-/m1/s1. The smallest absolute Gasteiger partial charge is 0.314 e. The van der Waals surface area contributed by atoms with Gasteiger partial charge in [0.15, 0.2) is 0 Å². The fraction of sp³-hybridized carbons (Fsp3) is 0.729. The highest BCUT2D eigenvalue weighted by molar-refractivity contribution is 8.43. The number of carbonyl (C=O) groups excluding carboxylic acids is 2. The van der Waals surface area contributed by atoms with Crippen LogP contribution < -0.4 is 0 Å². The monoisotopic (exact) mass is 989 g/mol. The molecular weight excluding hydrogens is 901 g/mol. The summed E-state index contributed by atoms with van der Waals surface area (Å²) in [5.41, 5.74) is 3.87. The van der Waals surface area contributed by atoms with Crippen molar-refractivity contribution in [2.24, 2.45) is 56.7 Å². The number of rotatable bonds is 12. The molecule has 2 aromatic rings. The number of fused-ring (bicyclic) bond motifs is 13. The van der Waals surface area contributed by atoms with Crippen molar-refractivity contribution in [2.75, 3.05) is 87.1 Å². The van der Waals surface area contributed by atoms with Gasteiger partial charge in [0, 0.05) is 22.3 Å². The Morgan fingerprint density at radius 2 is 1.12 bits per heavy atom. The minimum atomic E-state index is -0.891. The highest BCUT2D eigenvalue weighted by Gasteiger charge is 2.71. The fourth-order valence-electron chi connectivity index (χ4n) is 18.5. The SMILES string of the molecule is C=C[C@@H]1CC[C@]2(COC(=O)CS34CCS(Cc5ccccc5)(CC3)CC4)CC[C@]3(C)C(CCC4[C@@]5(C)CC[C@H](OC(=O)CS67CCS(Cc8ccccc8)(CC6)CC7)C(C)(C)C5CC[C@]43C)C12. The molecule has 0 amide bonds. The van der Waals surface area contributed by atoms with E-state index in [9.17, 15) is 9.59 Å². The molecule has 0 radical (unpaired) electrons. The lowest BCUT2D eigenvalue weighted by molar-refractivity contribution is -0.251. The first kappa shape index (κ1) is 47.8. The summed E-state index contributed by atoms with van der Waals surface area (Å²) in [4.78, 5) is 28.2. The highest BCUT2D eigenvalue weighted by Crippen LogP contribution is 2.78. The van der Waals surface area contributed by atoms with Crippen molar-refractivity contribution in [3.8, 4) is 0 Å². The van der Waals surface area contributed by atoms with Gasteiger partial charge in [-0.25, -0.2) is 40.1 Å². The number of benzene rings is 2. The second-order valence-electron chi connectivity index (χ2n) is 25.9. The van der Waals surface area contributed by atoms with Crippen LogP contribution in [0.1, 0.15) is 110 Å². The van der Waals surface area contributed by atoms with Crippen molar-refractivity contribution in [1.29, 1.82) is 0 Å². The van der Waals surface area contributed by atoms with Crippen molar-refractivity contribution in [1.82, 2.24) is 0 Å². The van der Waals surface area contributed by atoms with Crippen LogP contribution in [0.3, 0.4) is 0 Å². The number of hydrogen-bond donors (Lipinski definition) is 0. The largest absolute Gasteiger partial charge is 0.465 e. The molecule has 4 unspecified atom stereocenters. The first-order valence-corrected chi connectivity index (χ1v) is 36.3. The minimum Gasteiger partial charge on any atom is -0.465 e. The molecule has 4 nitrogen and oxygen atoms in total. The molecule has 0 aromatic heterocycles. The molecule has 11 aliphatic rings. The van der Waals surface area contributed by atoms with Crippen LogP contribution in [-0.4, -0.2) is 105 Å². The molecule has 11 fully saturated rings. The molecule has 5 saturated carbocycles. The second kappa shape index (κ2) is 17.3. The first-order chi connectivity index (χ1) is 32.0. The molecule has 8 heteroatoms. The van der Waals surface area contributed by atoms with Crippen molar-refractivity contribution >= 4 is 52.1 Å². The maximum Gasteiger partial charge on any atom is 0.314 e. The molecular formula is C59H88O4S4. The Bertz CT molecular complexity index is 2140. The number of ether oxygens (including phenoxy) is 2. The van der Waals surface area contributed by atoms with E-state index in [1.807, 2.05) is 0 Å². The van der Waals surface area contributed by atoms with Gasteiger partial charge in [-0.2, -0.15) is 0 Å². The lowest BCUT2D eigenvalue weighted by Crippen LogP contribution is -2.67. The Morgan fingerprint density at radius 1 is 0.582 bits per heavy atom. The summed E-state index contributed by atoms with van der Waals surface area (Å²) < 4.78 is 13.4. The van der Waals surface area contributed by atoms with Gasteiger partial charge in [-0.15, -0.1) is 6.58 Å². The lowest BCUT2D eigenvalue weighted by atomic mass is 9.32. The Labute approximate surface area is 413 Å². The van der Waals surface area contributed by atoms with Gasteiger partial charge in [0.2, 0.25) is 0 Å². The Balaban J connectivity index is 0.726. The molecule has 372 valence electrons. The predicted octanol–water partition coefficient (Wildman–Crippen LogP) is 13.4. The second-order valence-corrected chi connectivity index (χ2v) is 41.7. The van der Waals surface area contributed by atoms with Gasteiger partial charge in [0.05, 0.1) is 18.1 Å². The predicted molar refractivity (Wildman–Crippen MR) is 294 cm³/mol. The molecule has 5 aliphatic carbocycles. The summed E-state index contributed by atoms with van der Waals surface area (Å²) in [6.07, 6.45) is 14.5. The number of hydrogen-bond acceptors (Lipinski definition) is 4. The minimum absolute atomic E-state index is 0.0247. The zero-order valence-electron chi connectivity index (χ0n) is 42.4. The van der Waals surface area contributed by atoms with E-state index in [0.717, 1.165) is 17.9 Å². The van der Waals surface area contributed by atoms with E-state index >= 15 is 0 Å². The quantitative estimate of drug-likeness (QED) is 0.157. The zero-order valence-corrected chi connectivity index (χ0v) is 45.6. The average molecular weight is 990 g/mol. The van der Waals surface area contributed by atoms with Gasteiger partial charge in [-0.3, -0.25) is 9.59 Å². The Morgan fingerprint density at radius 3 is 1.67 bits per heavy atom. The summed E-state index contributed by atoms with van der Waals surface area (Å²) in [7, 11) is -2.93. The van der Waals surface area contributed by atoms with E-state index in [1.54, 1.807) is 0 Å². The van der Waals surface area contributed by atoms with Gasteiger partial charge >= 0.3 is 11.9 Å². The van der Waals surface area contributed by atoms with Crippen LogP contribution in [0, 0.1) is 56.7 Å². The van der Waals surface area contributed by atoms with E-state index in [-0.39, 0.29) is 45.1 Å². The van der Waals surface area contributed by atoms with Crippen molar-refractivity contribution in [3.05, 3.63) is 84.4 Å². The summed E-state index contributed by atoms with van der Waals surface area (Å²) in [5, 5.41) is 0. The summed E-state index contributed by atoms with van der Waals surface area (Å²) in [6, 6.07) is 22.4. The van der Waals surface area contributed by atoms with E-state index in [4.69, 9.17) is 9.47 Å². The summed E-state index contributed by atoms with van der Waals surface area (Å²) in [6.45, 7) is 18.3. The molecule has 6 heterocycles. The highest BCUT2D eigenvalue weighted by atomic mass is 32.3. The normalized spacial score (nSPS) is 49.6. The van der Waals surface area contributed by atoms with Crippen LogP contribution in [0.4, 0.5) is 0 Å². The van der Waals surface area contributed by atoms with Gasteiger partial charge in [0.25, 0.3) is 0 Å². The van der Waals surface area contributed by atoms with E-state index in [0.29, 0.717) is 36.2 Å². The number of esters is 2. The fourth-order valence-corrected chi connectivity index (χ4v) is 42.6. The average Bonchev–Trinajstić information content (AvgIpc) is 3.70. The summed E-state index contributed by atoms with van der Waals surface area (Å²) in [5.74, 6) is 23.3. The molecule has 0 spiro atoms. The maximum absolute atomic E-state index is 14.1. The Hall–Kier alpha value is -1.48. The van der Waals surface area contributed by atoms with E-state index < -0.39 is 40.1 Å². The maximum atomic E-state index is 14.1. The van der Waals surface area contributed by atoms with Gasteiger partial charge in [0.1, 0.15) is 6.10 Å². The zero-order chi connectivity index (χ0) is 46.6. The molecule has 67 heavy (non-hydrogen) atoms. The molecule has 6 aliphatic heterocycles. The first-order valence-electron chi connectivity index (χ1n) is 27.0. The van der Waals surface area contributed by atoms with Crippen LogP contribution in [0.15, 0.2) is 73.3 Å². The summed E-state index contributed by atoms with van der Waals surface area (Å²) >= 11 is 0. The molecule has 13 rings (SSSR count). The van der Waals surface area contributed by atoms with Gasteiger partial charge in [-0.05, 0) is 190 Å². The van der Waals surface area contributed by atoms with Gasteiger partial charge < -0.3 is 9.47 Å². The topological polar surface area (TPSA) is 52.6 Å². The van der Waals surface area contributed by atoms with Crippen molar-refractivity contribution in [2.45, 2.75) is 116 Å². The van der Waals surface area contributed by atoms with Crippen molar-refractivity contribution in [3.63, 3.8) is 0 Å². The van der Waals surface area contributed by atoms with Gasteiger partial charge in [-0.1, -0.05) is 101 Å². The van der Waals surface area contributed by atoms with Crippen LogP contribution >= 0.6 is 40.1 Å². The van der Waals surface area contributed by atoms with Crippen LogP contribution in [0.25, 0.3) is 0 Å². The van der Waals surface area contributed by atoms with Crippen LogP contribution in [0.5, 0.6) is 0 Å². The third-order valence-corrected chi connectivity index (χ3v) is 40.8. The van der Waals surface area contributed by atoms with Crippen LogP contribution in [-0.2, 0) is 30.6 Å².